The molecule has 0 bridgehead atoms. The molecule has 2 rings (SSSR count). The minimum atomic E-state index is 0.121. The van der Waals surface area contributed by atoms with Gasteiger partial charge in [-0.3, -0.25) is 9.13 Å². The number of thiol groups is 1. The highest BCUT2D eigenvalue weighted by molar-refractivity contribution is 7.80. The van der Waals surface area contributed by atoms with Crippen LogP contribution in [0.3, 0.4) is 0 Å². The quantitative estimate of drug-likeness (QED) is 0.802. The van der Waals surface area contributed by atoms with E-state index in [-0.39, 0.29) is 11.1 Å². The molecule has 0 aliphatic heterocycles. The summed E-state index contributed by atoms with van der Waals surface area (Å²) < 4.78 is 3.60. The van der Waals surface area contributed by atoms with Gasteiger partial charge in [0.05, 0.1) is 0 Å². The fourth-order valence-electron chi connectivity index (χ4n) is 2.67. The van der Waals surface area contributed by atoms with Crippen molar-refractivity contribution in [3.05, 3.63) is 22.9 Å². The van der Waals surface area contributed by atoms with Crippen LogP contribution in [0.4, 0.5) is 0 Å². The van der Waals surface area contributed by atoms with Gasteiger partial charge in [-0.1, -0.05) is 12.8 Å². The molecule has 0 N–H and O–H groups in total. The predicted octanol–water partition coefficient (Wildman–Crippen LogP) is 2.16. The summed E-state index contributed by atoms with van der Waals surface area (Å²) in [6.45, 7) is 3.58. The lowest BCUT2D eigenvalue weighted by Crippen LogP contribution is -2.32. The molecule has 0 saturated heterocycles. The topological polar surface area (TPSA) is 26.9 Å². The molecule has 0 unspecified atom stereocenters. The van der Waals surface area contributed by atoms with Crippen molar-refractivity contribution >= 4 is 12.6 Å². The van der Waals surface area contributed by atoms with Crippen LogP contribution in [0.5, 0.6) is 0 Å². The number of hydrogen-bond donors (Lipinski definition) is 1. The summed E-state index contributed by atoms with van der Waals surface area (Å²) in [6.07, 6.45) is 8.77. The number of rotatable bonds is 4. The Balaban J connectivity index is 2.19. The Morgan fingerprint density at radius 1 is 1.31 bits per heavy atom. The van der Waals surface area contributed by atoms with E-state index >= 15 is 0 Å². The molecule has 1 fully saturated rings. The van der Waals surface area contributed by atoms with E-state index in [0.717, 1.165) is 18.8 Å². The molecule has 0 spiro atoms. The zero-order valence-corrected chi connectivity index (χ0v) is 10.7. The first-order chi connectivity index (χ1) is 7.71. The Morgan fingerprint density at radius 3 is 2.44 bits per heavy atom. The van der Waals surface area contributed by atoms with E-state index in [1.165, 1.54) is 25.7 Å². The second-order valence-electron chi connectivity index (χ2n) is 4.86. The maximum Gasteiger partial charge on any atom is 0.328 e. The van der Waals surface area contributed by atoms with Gasteiger partial charge in [0.1, 0.15) is 0 Å². The molecule has 1 heterocycles. The third-order valence-corrected chi connectivity index (χ3v) is 4.43. The SMILES string of the molecule is CCn1ccn(CC2(CS)CCCC2)c1=O. The lowest BCUT2D eigenvalue weighted by molar-refractivity contribution is 0.285. The third-order valence-electron chi connectivity index (χ3n) is 3.76. The summed E-state index contributed by atoms with van der Waals surface area (Å²) in [4.78, 5) is 11.9. The molecule has 0 atom stereocenters. The van der Waals surface area contributed by atoms with Crippen molar-refractivity contribution in [2.24, 2.45) is 5.41 Å². The number of nitrogens with zero attached hydrogens (tertiary/aromatic N) is 2. The van der Waals surface area contributed by atoms with Crippen LogP contribution in [0.1, 0.15) is 32.6 Å². The summed E-state index contributed by atoms with van der Waals surface area (Å²) in [6, 6.07) is 0. The zero-order chi connectivity index (χ0) is 11.6. The average molecular weight is 240 g/mol. The van der Waals surface area contributed by atoms with Crippen LogP contribution in [0.15, 0.2) is 17.2 Å². The second kappa shape index (κ2) is 4.70. The molecular weight excluding hydrogens is 220 g/mol. The minimum absolute atomic E-state index is 0.121. The summed E-state index contributed by atoms with van der Waals surface area (Å²) in [5, 5.41) is 0. The van der Waals surface area contributed by atoms with E-state index in [0.29, 0.717) is 0 Å². The predicted molar refractivity (Wildman–Crippen MR) is 69.1 cm³/mol. The average Bonchev–Trinajstić information content (AvgIpc) is 2.89. The van der Waals surface area contributed by atoms with Crippen LogP contribution in [-0.2, 0) is 13.1 Å². The van der Waals surface area contributed by atoms with Gasteiger partial charge in [0.25, 0.3) is 0 Å². The number of imidazole rings is 1. The largest absolute Gasteiger partial charge is 0.328 e. The van der Waals surface area contributed by atoms with Crippen molar-refractivity contribution < 1.29 is 0 Å². The van der Waals surface area contributed by atoms with E-state index in [9.17, 15) is 4.79 Å². The summed E-state index contributed by atoms with van der Waals surface area (Å²) in [7, 11) is 0. The molecule has 0 aromatic carbocycles. The Kier molecular flexibility index (Phi) is 3.47. The first-order valence-electron chi connectivity index (χ1n) is 6.07. The van der Waals surface area contributed by atoms with Gasteiger partial charge in [-0.25, -0.2) is 4.79 Å². The number of hydrogen-bond acceptors (Lipinski definition) is 2. The highest BCUT2D eigenvalue weighted by atomic mass is 32.1. The molecule has 90 valence electrons. The lowest BCUT2D eigenvalue weighted by Gasteiger charge is -2.26. The van der Waals surface area contributed by atoms with Gasteiger partial charge in [0.15, 0.2) is 0 Å². The van der Waals surface area contributed by atoms with Crippen molar-refractivity contribution in [3.63, 3.8) is 0 Å². The summed E-state index contributed by atoms with van der Waals surface area (Å²) >= 11 is 4.47. The standard InChI is InChI=1S/C12H20N2OS/c1-2-13-7-8-14(11(13)15)9-12(10-16)5-3-4-6-12/h7-8,16H,2-6,9-10H2,1H3. The fraction of sp³-hybridized carbons (Fsp3) is 0.750. The van der Waals surface area contributed by atoms with Crippen LogP contribution < -0.4 is 5.69 Å². The first kappa shape index (κ1) is 11.8. The van der Waals surface area contributed by atoms with E-state index in [1.807, 2.05) is 23.9 Å². The van der Waals surface area contributed by atoms with Gasteiger partial charge in [-0.15, -0.1) is 0 Å². The van der Waals surface area contributed by atoms with Crippen molar-refractivity contribution in [2.45, 2.75) is 45.7 Å². The molecule has 3 nitrogen and oxygen atoms in total. The highest BCUT2D eigenvalue weighted by Crippen LogP contribution is 2.40. The van der Waals surface area contributed by atoms with Crippen LogP contribution in [0.25, 0.3) is 0 Å². The van der Waals surface area contributed by atoms with Crippen molar-refractivity contribution in [2.75, 3.05) is 5.75 Å². The van der Waals surface area contributed by atoms with Crippen LogP contribution in [0, 0.1) is 5.41 Å². The van der Waals surface area contributed by atoms with Gasteiger partial charge in [-0.2, -0.15) is 12.6 Å². The van der Waals surface area contributed by atoms with Crippen molar-refractivity contribution in [1.29, 1.82) is 0 Å². The Hall–Kier alpha value is -0.640. The molecule has 1 aromatic rings. The van der Waals surface area contributed by atoms with Crippen molar-refractivity contribution in [1.82, 2.24) is 9.13 Å². The molecule has 0 radical (unpaired) electrons. The van der Waals surface area contributed by atoms with E-state index < -0.39 is 0 Å². The molecule has 1 aromatic heterocycles. The van der Waals surface area contributed by atoms with Crippen molar-refractivity contribution in [3.8, 4) is 0 Å². The molecule has 1 aliphatic rings. The summed E-state index contributed by atoms with van der Waals surface area (Å²) in [5.74, 6) is 0.886. The Morgan fingerprint density at radius 2 is 1.94 bits per heavy atom. The molecule has 1 aliphatic carbocycles. The maximum absolute atomic E-state index is 11.9. The van der Waals surface area contributed by atoms with Gasteiger partial charge in [0, 0.05) is 25.5 Å². The second-order valence-corrected chi connectivity index (χ2v) is 5.18. The molecule has 4 heteroatoms. The molecular formula is C12H20N2OS. The normalized spacial score (nSPS) is 19.1. The minimum Gasteiger partial charge on any atom is -0.300 e. The maximum atomic E-state index is 11.9. The number of aryl methyl sites for hydroxylation is 1. The lowest BCUT2D eigenvalue weighted by atomic mass is 9.88. The van der Waals surface area contributed by atoms with Gasteiger partial charge in [0.2, 0.25) is 0 Å². The van der Waals surface area contributed by atoms with Gasteiger partial charge >= 0.3 is 5.69 Å². The van der Waals surface area contributed by atoms with E-state index in [2.05, 4.69) is 12.6 Å². The van der Waals surface area contributed by atoms with Crippen LogP contribution in [-0.4, -0.2) is 14.9 Å². The zero-order valence-electron chi connectivity index (χ0n) is 9.85. The Bertz CT molecular complexity index is 401. The highest BCUT2D eigenvalue weighted by Gasteiger charge is 2.33. The van der Waals surface area contributed by atoms with E-state index in [1.54, 1.807) is 4.57 Å². The Labute approximate surface area is 102 Å². The third kappa shape index (κ3) is 2.08. The molecule has 1 saturated carbocycles. The first-order valence-corrected chi connectivity index (χ1v) is 6.70. The molecule has 16 heavy (non-hydrogen) atoms. The van der Waals surface area contributed by atoms with Crippen LogP contribution >= 0.6 is 12.6 Å². The van der Waals surface area contributed by atoms with Crippen LogP contribution in [0.2, 0.25) is 0 Å². The van der Waals surface area contributed by atoms with Gasteiger partial charge in [-0.05, 0) is 30.9 Å². The smallest absolute Gasteiger partial charge is 0.300 e. The van der Waals surface area contributed by atoms with E-state index in [4.69, 9.17) is 0 Å². The summed E-state index contributed by atoms with van der Waals surface area (Å²) in [5.41, 5.74) is 0.378. The van der Waals surface area contributed by atoms with Gasteiger partial charge < -0.3 is 0 Å². The monoisotopic (exact) mass is 240 g/mol. The number of aromatic nitrogens is 2. The molecule has 0 amide bonds. The fourth-order valence-corrected chi connectivity index (χ4v) is 3.08.